The van der Waals surface area contributed by atoms with Crippen LogP contribution in [0.2, 0.25) is 0 Å². The predicted molar refractivity (Wildman–Crippen MR) is 83.5 cm³/mol. The van der Waals surface area contributed by atoms with Gasteiger partial charge in [0, 0.05) is 18.5 Å². The smallest absolute Gasteiger partial charge is 0.332 e. The Balaban J connectivity index is 2.77. The maximum Gasteiger partial charge on any atom is 0.332 e. The molecule has 0 aliphatic rings. The van der Waals surface area contributed by atoms with Crippen molar-refractivity contribution in [3.63, 3.8) is 0 Å². The van der Waals surface area contributed by atoms with Crippen molar-refractivity contribution in [3.05, 3.63) is 31.3 Å². The standard InChI is InChI=1S/C14H19FN2O4S/c1-9-10(8-18)22-13-11(9)12(19)16(5-3-4-15)14(20)17(13)6-7-21-2/h18H,3-8H2,1-2H3. The summed E-state index contributed by atoms with van der Waals surface area (Å²) in [4.78, 5) is 26.3. The fourth-order valence-corrected chi connectivity index (χ4v) is 3.56. The molecule has 0 atom stereocenters. The van der Waals surface area contributed by atoms with Crippen LogP contribution in [0.25, 0.3) is 10.2 Å². The molecule has 0 fully saturated rings. The average Bonchev–Trinajstić information content (AvgIpc) is 2.84. The molecule has 0 unspecified atom stereocenters. The van der Waals surface area contributed by atoms with E-state index in [0.717, 1.165) is 4.57 Å². The van der Waals surface area contributed by atoms with Crippen molar-refractivity contribution in [3.8, 4) is 0 Å². The molecule has 0 saturated carbocycles. The van der Waals surface area contributed by atoms with Crippen LogP contribution in [-0.4, -0.2) is 34.6 Å². The van der Waals surface area contributed by atoms with E-state index in [2.05, 4.69) is 0 Å². The highest BCUT2D eigenvalue weighted by molar-refractivity contribution is 7.18. The Labute approximate surface area is 130 Å². The van der Waals surface area contributed by atoms with Crippen molar-refractivity contribution < 1.29 is 14.2 Å². The highest BCUT2D eigenvalue weighted by Crippen LogP contribution is 2.27. The third kappa shape index (κ3) is 2.86. The number of ether oxygens (including phenoxy) is 1. The summed E-state index contributed by atoms with van der Waals surface area (Å²) in [6, 6.07) is 0. The van der Waals surface area contributed by atoms with Gasteiger partial charge in [0.15, 0.2) is 0 Å². The molecule has 0 amide bonds. The van der Waals surface area contributed by atoms with Crippen LogP contribution in [0.4, 0.5) is 4.39 Å². The Hall–Kier alpha value is -1.51. The summed E-state index contributed by atoms with van der Waals surface area (Å²) in [7, 11) is 1.53. The van der Waals surface area contributed by atoms with Gasteiger partial charge in [0.1, 0.15) is 4.83 Å². The Morgan fingerprint density at radius 2 is 2.00 bits per heavy atom. The molecule has 8 heteroatoms. The first-order valence-corrected chi connectivity index (χ1v) is 7.79. The van der Waals surface area contributed by atoms with Crippen molar-refractivity contribution >= 4 is 21.6 Å². The number of methoxy groups -OCH3 is 1. The number of thiophene rings is 1. The van der Waals surface area contributed by atoms with Crippen LogP contribution in [0.3, 0.4) is 0 Å². The topological polar surface area (TPSA) is 73.5 Å². The van der Waals surface area contributed by atoms with Gasteiger partial charge in [-0.25, -0.2) is 4.79 Å². The highest BCUT2D eigenvalue weighted by atomic mass is 32.1. The zero-order valence-corrected chi connectivity index (χ0v) is 13.4. The summed E-state index contributed by atoms with van der Waals surface area (Å²) >= 11 is 1.23. The molecule has 0 aromatic carbocycles. The third-order valence-electron chi connectivity index (χ3n) is 3.57. The molecular weight excluding hydrogens is 311 g/mol. The lowest BCUT2D eigenvalue weighted by atomic mass is 10.2. The first-order chi connectivity index (χ1) is 10.6. The quantitative estimate of drug-likeness (QED) is 0.823. The SMILES string of the molecule is COCCn1c(=O)n(CCCF)c(=O)c2c(C)c(CO)sc21. The molecular formula is C14H19FN2O4S. The first-order valence-electron chi connectivity index (χ1n) is 6.98. The number of halogens is 1. The van der Waals surface area contributed by atoms with E-state index in [1.807, 2.05) is 0 Å². The lowest BCUT2D eigenvalue weighted by Gasteiger charge is -2.11. The number of aliphatic hydroxyl groups excluding tert-OH is 1. The van der Waals surface area contributed by atoms with E-state index >= 15 is 0 Å². The minimum Gasteiger partial charge on any atom is -0.391 e. The average molecular weight is 330 g/mol. The zero-order valence-electron chi connectivity index (χ0n) is 12.6. The largest absolute Gasteiger partial charge is 0.391 e. The van der Waals surface area contributed by atoms with Crippen LogP contribution in [0.15, 0.2) is 9.59 Å². The van der Waals surface area contributed by atoms with Crippen molar-refractivity contribution in [2.45, 2.75) is 33.0 Å². The zero-order chi connectivity index (χ0) is 16.3. The molecule has 0 radical (unpaired) electrons. The molecule has 2 rings (SSSR count). The molecule has 2 aromatic heterocycles. The van der Waals surface area contributed by atoms with E-state index in [0.29, 0.717) is 33.8 Å². The van der Waals surface area contributed by atoms with Crippen LogP contribution in [0.1, 0.15) is 16.9 Å². The van der Waals surface area contributed by atoms with E-state index in [-0.39, 0.29) is 19.6 Å². The van der Waals surface area contributed by atoms with Crippen LogP contribution in [-0.2, 0) is 24.4 Å². The maximum atomic E-state index is 12.6. The van der Waals surface area contributed by atoms with Crippen molar-refractivity contribution in [2.24, 2.45) is 0 Å². The predicted octanol–water partition coefficient (Wildman–Crippen LogP) is 1.03. The Morgan fingerprint density at radius 1 is 1.27 bits per heavy atom. The van der Waals surface area contributed by atoms with Crippen LogP contribution in [0.5, 0.6) is 0 Å². The number of fused-ring (bicyclic) bond motifs is 1. The monoisotopic (exact) mass is 330 g/mol. The Kier molecular flexibility index (Phi) is 5.49. The summed E-state index contributed by atoms with van der Waals surface area (Å²) in [5, 5.41) is 9.82. The van der Waals surface area contributed by atoms with E-state index in [1.165, 1.54) is 23.0 Å². The van der Waals surface area contributed by atoms with Gasteiger partial charge in [-0.05, 0) is 18.9 Å². The van der Waals surface area contributed by atoms with Crippen LogP contribution in [0, 0.1) is 6.92 Å². The molecule has 0 bridgehead atoms. The fourth-order valence-electron chi connectivity index (χ4n) is 2.39. The molecule has 1 N–H and O–H groups in total. The first kappa shape index (κ1) is 16.9. The number of hydrogen-bond donors (Lipinski definition) is 1. The number of aromatic nitrogens is 2. The van der Waals surface area contributed by atoms with Gasteiger partial charge < -0.3 is 9.84 Å². The van der Waals surface area contributed by atoms with Gasteiger partial charge in [-0.1, -0.05) is 0 Å². The third-order valence-corrected chi connectivity index (χ3v) is 4.87. The maximum absolute atomic E-state index is 12.6. The lowest BCUT2D eigenvalue weighted by molar-refractivity contribution is 0.186. The van der Waals surface area contributed by atoms with Gasteiger partial charge in [0.2, 0.25) is 0 Å². The molecule has 22 heavy (non-hydrogen) atoms. The summed E-state index contributed by atoms with van der Waals surface area (Å²) in [6.45, 7) is 1.63. The number of aliphatic hydroxyl groups is 1. The Bertz CT molecular complexity index is 778. The normalized spacial score (nSPS) is 11.5. The Morgan fingerprint density at radius 3 is 2.59 bits per heavy atom. The lowest BCUT2D eigenvalue weighted by Crippen LogP contribution is -2.40. The molecule has 6 nitrogen and oxygen atoms in total. The molecule has 2 heterocycles. The molecule has 0 aliphatic heterocycles. The highest BCUT2D eigenvalue weighted by Gasteiger charge is 2.19. The van der Waals surface area contributed by atoms with E-state index < -0.39 is 17.9 Å². The summed E-state index contributed by atoms with van der Waals surface area (Å²) in [5.41, 5.74) is -0.211. The van der Waals surface area contributed by atoms with Crippen molar-refractivity contribution in [1.82, 2.24) is 9.13 Å². The number of rotatable bonds is 7. The summed E-state index contributed by atoms with van der Waals surface area (Å²) < 4.78 is 20.0. The van der Waals surface area contributed by atoms with E-state index in [9.17, 15) is 19.1 Å². The van der Waals surface area contributed by atoms with Crippen LogP contribution < -0.4 is 11.2 Å². The van der Waals surface area contributed by atoms with Crippen molar-refractivity contribution in [2.75, 3.05) is 20.4 Å². The van der Waals surface area contributed by atoms with Crippen molar-refractivity contribution in [1.29, 1.82) is 0 Å². The number of aryl methyl sites for hydroxylation is 1. The van der Waals surface area contributed by atoms with Gasteiger partial charge in [0.25, 0.3) is 5.56 Å². The van der Waals surface area contributed by atoms with Gasteiger partial charge in [0.05, 0.1) is 31.8 Å². The van der Waals surface area contributed by atoms with Gasteiger partial charge >= 0.3 is 5.69 Å². The second-order valence-corrected chi connectivity index (χ2v) is 6.00. The minimum atomic E-state index is -0.591. The van der Waals surface area contributed by atoms with Crippen LogP contribution >= 0.6 is 11.3 Å². The van der Waals surface area contributed by atoms with Gasteiger partial charge in [-0.3, -0.25) is 18.3 Å². The van der Waals surface area contributed by atoms with E-state index in [4.69, 9.17) is 4.74 Å². The van der Waals surface area contributed by atoms with Gasteiger partial charge in [-0.2, -0.15) is 0 Å². The fraction of sp³-hybridized carbons (Fsp3) is 0.571. The van der Waals surface area contributed by atoms with Gasteiger partial charge in [-0.15, -0.1) is 11.3 Å². The second-order valence-electron chi connectivity index (χ2n) is 4.91. The molecule has 2 aromatic rings. The molecule has 0 spiro atoms. The molecule has 0 aliphatic carbocycles. The number of nitrogens with zero attached hydrogens (tertiary/aromatic N) is 2. The second kappa shape index (κ2) is 7.17. The summed E-state index contributed by atoms with van der Waals surface area (Å²) in [6.07, 6.45) is 0.112. The minimum absolute atomic E-state index is 0.0425. The number of alkyl halides is 1. The molecule has 122 valence electrons. The molecule has 0 saturated heterocycles. The summed E-state index contributed by atoms with van der Waals surface area (Å²) in [5.74, 6) is 0. The van der Waals surface area contributed by atoms with E-state index in [1.54, 1.807) is 6.92 Å². The number of hydrogen-bond acceptors (Lipinski definition) is 5.